The van der Waals surface area contributed by atoms with Gasteiger partial charge in [0.05, 0.1) is 42.3 Å². The lowest BCUT2D eigenvalue weighted by Crippen LogP contribution is -2.49. The van der Waals surface area contributed by atoms with E-state index in [9.17, 15) is 29.1 Å². The Kier molecular flexibility index (Phi) is 12.9. The highest BCUT2D eigenvalue weighted by molar-refractivity contribution is 6.35. The molecule has 2 unspecified atom stereocenters. The average molecular weight is 1040 g/mol. The second-order valence-electron chi connectivity index (χ2n) is 21.1. The predicted molar refractivity (Wildman–Crippen MR) is 290 cm³/mol. The van der Waals surface area contributed by atoms with Gasteiger partial charge in [-0.2, -0.15) is 9.97 Å². The lowest BCUT2D eigenvalue weighted by atomic mass is 9.81. The number of carbonyl (C=O) groups is 6. The van der Waals surface area contributed by atoms with Crippen molar-refractivity contribution >= 4 is 99.2 Å². The molecule has 5 aromatic rings. The number of amides is 2. The summed E-state index contributed by atoms with van der Waals surface area (Å²) in [4.78, 5) is 112. The minimum absolute atomic E-state index is 0.00514. The summed E-state index contributed by atoms with van der Waals surface area (Å²) in [5.74, 6) is -5.95. The van der Waals surface area contributed by atoms with Gasteiger partial charge >= 0.3 is 11.9 Å². The number of nitrogens with two attached hydrogens (primary N) is 2. The number of nitrogens with zero attached hydrogens (tertiary/aromatic N) is 9. The number of aliphatic imine (C=N–C) groups is 2. The molecule has 4 aliphatic heterocycles. The smallest absolute Gasteiger partial charge is 0.328 e. The van der Waals surface area contributed by atoms with Crippen molar-refractivity contribution in [3.8, 4) is 0 Å². The Morgan fingerprint density at radius 1 is 0.922 bits per heavy atom. The number of methoxy groups -OCH3 is 1. The third-order valence-electron chi connectivity index (χ3n) is 16.1. The molecule has 4 aromatic heterocycles. The largest absolute Gasteiger partial charge is 0.480 e. The molecule has 0 fully saturated rings. The zero-order valence-electron chi connectivity index (χ0n) is 44.6. The van der Waals surface area contributed by atoms with Crippen LogP contribution in [0.1, 0.15) is 120 Å². The lowest BCUT2D eigenvalue weighted by Gasteiger charge is -2.34. The molecule has 0 radical (unpaired) electrons. The number of nitrogens with one attached hydrogen (secondary N) is 2. The molecule has 1 aromatic carbocycles. The molecule has 0 spiro atoms. The lowest BCUT2D eigenvalue weighted by molar-refractivity contribution is -0.142. The Hall–Kier alpha value is -8.62. The number of aliphatic carboxylic acids is 1. The Morgan fingerprint density at radius 3 is 2.29 bits per heavy atom. The van der Waals surface area contributed by atoms with Crippen molar-refractivity contribution in [1.29, 1.82) is 0 Å². The van der Waals surface area contributed by atoms with Crippen molar-refractivity contribution in [3.05, 3.63) is 97.5 Å². The van der Waals surface area contributed by atoms with Crippen molar-refractivity contribution in [1.82, 2.24) is 39.7 Å². The fourth-order valence-corrected chi connectivity index (χ4v) is 12.2. The predicted octanol–water partition coefficient (Wildman–Crippen LogP) is 4.11. The summed E-state index contributed by atoms with van der Waals surface area (Å²) in [6.45, 7) is 15.6. The Labute approximate surface area is 443 Å². The average Bonchev–Trinajstić information content (AvgIpc) is 4.23. The maximum atomic E-state index is 15.1. The summed E-state index contributed by atoms with van der Waals surface area (Å²) >= 11 is 0. The SMILES string of the molecule is CC[C@H]1C2=NC(=Cc3c(C(C)=O)c(C)c4n3C(C)(C)n3c(c(C)c5c3=C(C3=NC(=C4)[C@@H](C)[C@@H]3CCC(=O)NC(CNC(=O)c3ccc(N(C)Cc4cnc6nc(N)nc(N)c6n4)cc3)C(=O)O)C(C(=O)OC)C5=O)=C2)[C@@H]1C. The first-order chi connectivity index (χ1) is 36.5. The number of anilines is 3. The van der Waals surface area contributed by atoms with Crippen molar-refractivity contribution in [2.75, 3.05) is 37.1 Å². The third kappa shape index (κ3) is 8.47. The molecule has 5 aliphatic rings. The van der Waals surface area contributed by atoms with E-state index in [0.29, 0.717) is 62.5 Å². The highest BCUT2D eigenvalue weighted by Gasteiger charge is 2.50. The van der Waals surface area contributed by atoms with E-state index in [1.807, 2.05) is 58.7 Å². The number of ether oxygens (including phenoxy) is 1. The molecule has 6 atom stereocenters. The topological polar surface area (TPSA) is 297 Å². The quantitative estimate of drug-likeness (QED) is 0.0594. The molecule has 0 saturated heterocycles. The van der Waals surface area contributed by atoms with Crippen molar-refractivity contribution < 1.29 is 38.6 Å². The fourth-order valence-electron chi connectivity index (χ4n) is 12.2. The summed E-state index contributed by atoms with van der Waals surface area (Å²) in [6.07, 6.45) is 8.39. The molecule has 0 saturated carbocycles. The van der Waals surface area contributed by atoms with Gasteiger partial charge in [0, 0.05) is 99.8 Å². The van der Waals surface area contributed by atoms with Crippen LogP contribution >= 0.6 is 0 Å². The number of hydrogen-bond donors (Lipinski definition) is 5. The van der Waals surface area contributed by atoms with Crippen LogP contribution in [0, 0.1) is 43.4 Å². The number of fused-ring (bicyclic) bond motifs is 4. The van der Waals surface area contributed by atoms with Gasteiger partial charge < -0.3 is 46.0 Å². The number of Topliss-reactive ketones (excluding diaryl/α,β-unsaturated/α-hetero) is 2. The van der Waals surface area contributed by atoms with E-state index >= 15 is 4.79 Å². The van der Waals surface area contributed by atoms with Gasteiger partial charge in [0.2, 0.25) is 11.9 Å². The minimum atomic E-state index is -1.49. The normalized spacial score (nSPS) is 20.8. The third-order valence-corrected chi connectivity index (χ3v) is 16.1. The first-order valence-electron chi connectivity index (χ1n) is 25.7. The number of ketones is 2. The number of aromatic nitrogens is 6. The van der Waals surface area contributed by atoms with E-state index in [1.165, 1.54) is 7.11 Å². The number of carboxylic acid groups (broad SMARTS) is 1. The molecule has 398 valence electrons. The van der Waals surface area contributed by atoms with Gasteiger partial charge in [0.15, 0.2) is 28.5 Å². The van der Waals surface area contributed by atoms with Crippen molar-refractivity contribution in [3.63, 3.8) is 0 Å². The molecule has 77 heavy (non-hydrogen) atoms. The van der Waals surface area contributed by atoms with E-state index in [1.54, 1.807) is 37.4 Å². The molecule has 10 rings (SSSR count). The minimum Gasteiger partial charge on any atom is -0.480 e. The van der Waals surface area contributed by atoms with Gasteiger partial charge in [-0.1, -0.05) is 20.8 Å². The number of esters is 1. The van der Waals surface area contributed by atoms with Crippen LogP contribution in [0.15, 0.2) is 51.8 Å². The second kappa shape index (κ2) is 19.2. The molecule has 21 nitrogen and oxygen atoms in total. The van der Waals surface area contributed by atoms with E-state index < -0.39 is 65.5 Å². The van der Waals surface area contributed by atoms with Gasteiger partial charge in [0.1, 0.15) is 17.6 Å². The van der Waals surface area contributed by atoms with Crippen LogP contribution in [0.4, 0.5) is 17.5 Å². The van der Waals surface area contributed by atoms with Crippen LogP contribution in [-0.2, 0) is 31.3 Å². The summed E-state index contributed by atoms with van der Waals surface area (Å²) in [6, 6.07) is 5.16. The first-order valence-corrected chi connectivity index (χ1v) is 25.7. The Morgan fingerprint density at radius 2 is 1.61 bits per heavy atom. The Balaban J connectivity index is 0.939. The van der Waals surface area contributed by atoms with Crippen LogP contribution in [0.5, 0.6) is 0 Å². The summed E-state index contributed by atoms with van der Waals surface area (Å²) < 4.78 is 9.61. The van der Waals surface area contributed by atoms with Gasteiger partial charge in [-0.15, -0.1) is 0 Å². The standard InChI is InChI=1S/C56H61N13O8/c1-11-32-24(2)34-19-40-42(28(6)70)26(4)38-18-35-25(3)33(46(64-35)44-45(54(76)77-10)49(72)43-27(5)39(20-36(32)62-34)69(48(43)44)56(7,8)68(38)40)16-17-41(71)63-37(53(74)75)22-60-52(73)29-12-14-31(15-13-29)67(9)23-30-21-59-51-47(61-30)50(57)65-55(58)66-51/h12-15,18-21,24-25,32-33,37,45H,11,16-17,22-23H2,1-10H3,(H,60,73)(H,63,71)(H,74,75)(H4,57,58,59,65,66)/t24-,25+,32-,33+,37?,45?/m1/s1. The van der Waals surface area contributed by atoms with E-state index in [2.05, 4.69) is 59.6 Å². The molecular formula is C56H61N13O8. The van der Waals surface area contributed by atoms with Crippen LogP contribution in [0.25, 0.3) is 35.0 Å². The van der Waals surface area contributed by atoms with Gasteiger partial charge in [-0.05, 0) is 101 Å². The summed E-state index contributed by atoms with van der Waals surface area (Å²) in [5.41, 5.74) is 19.7. The monoisotopic (exact) mass is 1040 g/mol. The van der Waals surface area contributed by atoms with Crippen molar-refractivity contribution in [2.45, 2.75) is 92.9 Å². The van der Waals surface area contributed by atoms with Gasteiger partial charge in [0.25, 0.3) is 5.91 Å². The molecule has 7 N–H and O–H groups in total. The highest BCUT2D eigenvalue weighted by atomic mass is 16.5. The van der Waals surface area contributed by atoms with Crippen LogP contribution < -0.4 is 37.7 Å². The van der Waals surface area contributed by atoms with Gasteiger partial charge in [-0.3, -0.25) is 34.0 Å². The number of benzene rings is 1. The van der Waals surface area contributed by atoms with Crippen molar-refractivity contribution in [2.24, 2.45) is 39.6 Å². The molecule has 21 heteroatoms. The maximum absolute atomic E-state index is 15.1. The molecule has 6 bridgehead atoms. The zero-order chi connectivity index (χ0) is 55.3. The summed E-state index contributed by atoms with van der Waals surface area (Å²) in [5, 5.41) is 16.8. The molecule has 2 amide bonds. The van der Waals surface area contributed by atoms with Gasteiger partial charge in [-0.25, -0.2) is 14.8 Å². The number of rotatable bonds is 14. The molecule has 8 heterocycles. The molecule has 1 aliphatic carbocycles. The number of carboxylic acids is 1. The number of hydrogen-bond acceptors (Lipinski definition) is 16. The van der Waals surface area contributed by atoms with Crippen LogP contribution in [0.2, 0.25) is 0 Å². The highest BCUT2D eigenvalue weighted by Crippen LogP contribution is 2.45. The Bertz CT molecular complexity index is 3710. The van der Waals surface area contributed by atoms with Crippen LogP contribution in [-0.4, -0.2) is 108 Å². The number of allylic oxidation sites excluding steroid dienone is 2. The van der Waals surface area contributed by atoms with E-state index in [-0.39, 0.29) is 53.4 Å². The summed E-state index contributed by atoms with van der Waals surface area (Å²) in [7, 11) is 3.08. The molecular weight excluding hydrogens is 983 g/mol. The van der Waals surface area contributed by atoms with E-state index in [0.717, 1.165) is 40.1 Å². The zero-order valence-corrected chi connectivity index (χ0v) is 44.6. The second-order valence-corrected chi connectivity index (χ2v) is 21.1. The van der Waals surface area contributed by atoms with Crippen LogP contribution in [0.3, 0.4) is 0 Å². The maximum Gasteiger partial charge on any atom is 0.328 e. The number of nitrogen functional groups attached to an aromatic ring is 2. The van der Waals surface area contributed by atoms with E-state index in [4.69, 9.17) is 26.2 Å². The fraction of sp³-hybridized carbons (Fsp3) is 0.393. The number of carbonyl (C=O) groups excluding carboxylic acids is 5. The first kappa shape index (κ1) is 51.8.